The fourth-order valence-corrected chi connectivity index (χ4v) is 4.11. The van der Waals surface area contributed by atoms with Crippen molar-refractivity contribution in [2.24, 2.45) is 5.41 Å². The summed E-state index contributed by atoms with van der Waals surface area (Å²) in [7, 11) is 0. The Morgan fingerprint density at radius 2 is 2.21 bits per heavy atom. The number of nitrogens with zero attached hydrogens (tertiary/aromatic N) is 1. The first-order valence-corrected chi connectivity index (χ1v) is 10.4. The van der Waals surface area contributed by atoms with Crippen LogP contribution in [-0.4, -0.2) is 52.5 Å². The normalized spacial score (nSPS) is 22.1. The zero-order valence-electron chi connectivity index (χ0n) is 16.9. The molecule has 1 heterocycles. The summed E-state index contributed by atoms with van der Waals surface area (Å²) in [6.07, 6.45) is 11.4. The fourth-order valence-electron chi connectivity index (χ4n) is 4.11. The first-order chi connectivity index (χ1) is 13.5. The number of carboxylic acid groups (broad SMARTS) is 1. The average molecular weight is 392 g/mol. The molecule has 1 unspecified atom stereocenters. The van der Waals surface area contributed by atoms with Crippen molar-refractivity contribution in [3.05, 3.63) is 12.2 Å². The Morgan fingerprint density at radius 3 is 2.86 bits per heavy atom. The number of hydrogen-bond acceptors (Lipinski definition) is 4. The molecular formula is C22H33NO5. The van der Waals surface area contributed by atoms with Gasteiger partial charge in [0.25, 0.3) is 0 Å². The molecular weight excluding hydrogens is 358 g/mol. The lowest BCUT2D eigenvalue weighted by Gasteiger charge is -2.43. The van der Waals surface area contributed by atoms with Gasteiger partial charge in [-0.05, 0) is 37.5 Å². The molecule has 2 fully saturated rings. The van der Waals surface area contributed by atoms with Gasteiger partial charge in [-0.3, -0.25) is 9.69 Å². The Kier molecular flexibility index (Phi) is 8.85. The topological polar surface area (TPSA) is 87.1 Å². The SMILES string of the molecule is CCCC1(CC(O)/C=C/[C@H]2CCOC(=O)N2CC#CCCCC(=O)O)CCC1. The Balaban J connectivity index is 1.86. The number of carboxylic acids is 1. The van der Waals surface area contributed by atoms with E-state index in [0.717, 1.165) is 19.3 Å². The molecule has 28 heavy (non-hydrogen) atoms. The Bertz CT molecular complexity index is 614. The van der Waals surface area contributed by atoms with Crippen LogP contribution in [0.5, 0.6) is 0 Å². The summed E-state index contributed by atoms with van der Waals surface area (Å²) >= 11 is 0. The van der Waals surface area contributed by atoms with Crippen LogP contribution >= 0.6 is 0 Å². The Morgan fingerprint density at radius 1 is 1.43 bits per heavy atom. The Hall–Kier alpha value is -2.00. The maximum absolute atomic E-state index is 12.1. The van der Waals surface area contributed by atoms with E-state index in [-0.39, 0.29) is 19.0 Å². The number of unbranched alkanes of at least 4 members (excludes halogenated alkanes) is 1. The molecule has 2 N–H and O–H groups in total. The summed E-state index contributed by atoms with van der Waals surface area (Å²) in [5, 5.41) is 19.1. The van der Waals surface area contributed by atoms with Crippen LogP contribution < -0.4 is 0 Å². The van der Waals surface area contributed by atoms with Crippen molar-refractivity contribution < 1.29 is 24.5 Å². The van der Waals surface area contributed by atoms with Crippen molar-refractivity contribution >= 4 is 12.1 Å². The Labute approximate surface area is 167 Å². The molecule has 0 spiro atoms. The first-order valence-electron chi connectivity index (χ1n) is 10.4. The van der Waals surface area contributed by atoms with E-state index in [1.165, 1.54) is 19.3 Å². The van der Waals surface area contributed by atoms with Crippen molar-refractivity contribution in [3.63, 3.8) is 0 Å². The van der Waals surface area contributed by atoms with Crippen LogP contribution in [0.25, 0.3) is 0 Å². The van der Waals surface area contributed by atoms with Gasteiger partial charge in [-0.25, -0.2) is 4.79 Å². The van der Waals surface area contributed by atoms with E-state index in [1.807, 2.05) is 12.2 Å². The molecule has 0 radical (unpaired) electrons. The molecule has 1 amide bonds. The highest BCUT2D eigenvalue weighted by Crippen LogP contribution is 2.48. The molecule has 6 nitrogen and oxygen atoms in total. The van der Waals surface area contributed by atoms with E-state index in [1.54, 1.807) is 4.90 Å². The molecule has 1 aliphatic heterocycles. The molecule has 0 aromatic heterocycles. The van der Waals surface area contributed by atoms with E-state index in [4.69, 9.17) is 9.84 Å². The third kappa shape index (κ3) is 6.87. The molecule has 1 aliphatic carbocycles. The number of carbonyl (C=O) groups is 2. The molecule has 6 heteroatoms. The van der Waals surface area contributed by atoms with Crippen LogP contribution in [0.15, 0.2) is 12.2 Å². The standard InChI is InChI=1S/C22H33NO5/c1-2-12-22(13-7-14-22)17-19(24)10-9-18-11-16-28-21(27)23(18)15-6-4-3-5-8-20(25)26/h9-10,18-19,24H,2-3,5,7-8,11-17H2,1H3,(H,25,26)/b10-9+/t18-,19?/m0/s1. The molecule has 1 saturated carbocycles. The van der Waals surface area contributed by atoms with Crippen molar-refractivity contribution in [1.29, 1.82) is 0 Å². The van der Waals surface area contributed by atoms with Crippen LogP contribution in [-0.2, 0) is 9.53 Å². The van der Waals surface area contributed by atoms with Gasteiger partial charge in [0.1, 0.15) is 0 Å². The summed E-state index contributed by atoms with van der Waals surface area (Å²) in [6, 6.07) is -0.132. The fraction of sp³-hybridized carbons (Fsp3) is 0.727. The molecule has 2 atom stereocenters. The minimum Gasteiger partial charge on any atom is -0.481 e. The van der Waals surface area contributed by atoms with E-state index < -0.39 is 18.2 Å². The summed E-state index contributed by atoms with van der Waals surface area (Å²) < 4.78 is 5.12. The second kappa shape index (κ2) is 11.1. The summed E-state index contributed by atoms with van der Waals surface area (Å²) in [4.78, 5) is 24.2. The van der Waals surface area contributed by atoms with Gasteiger partial charge in [-0.15, -0.1) is 5.92 Å². The number of amides is 1. The van der Waals surface area contributed by atoms with Crippen LogP contribution in [0, 0.1) is 17.3 Å². The van der Waals surface area contributed by atoms with E-state index in [9.17, 15) is 14.7 Å². The van der Waals surface area contributed by atoms with Crippen LogP contribution in [0.2, 0.25) is 0 Å². The predicted molar refractivity (Wildman–Crippen MR) is 107 cm³/mol. The van der Waals surface area contributed by atoms with E-state index in [2.05, 4.69) is 18.8 Å². The third-order valence-electron chi connectivity index (χ3n) is 5.73. The van der Waals surface area contributed by atoms with Gasteiger partial charge in [0, 0.05) is 19.3 Å². The third-order valence-corrected chi connectivity index (χ3v) is 5.73. The van der Waals surface area contributed by atoms with Gasteiger partial charge in [0.2, 0.25) is 0 Å². The maximum Gasteiger partial charge on any atom is 0.411 e. The molecule has 156 valence electrons. The molecule has 0 aromatic carbocycles. The number of carbonyl (C=O) groups excluding carboxylic acids is 1. The highest BCUT2D eigenvalue weighted by atomic mass is 16.6. The highest BCUT2D eigenvalue weighted by Gasteiger charge is 2.37. The highest BCUT2D eigenvalue weighted by molar-refractivity contribution is 5.69. The van der Waals surface area contributed by atoms with Gasteiger partial charge in [0.15, 0.2) is 0 Å². The summed E-state index contributed by atoms with van der Waals surface area (Å²) in [5.74, 6) is 5.03. The minimum atomic E-state index is -0.826. The van der Waals surface area contributed by atoms with Crippen molar-refractivity contribution in [3.8, 4) is 11.8 Å². The van der Waals surface area contributed by atoms with Crippen molar-refractivity contribution in [1.82, 2.24) is 4.90 Å². The average Bonchev–Trinajstić information content (AvgIpc) is 2.62. The van der Waals surface area contributed by atoms with Gasteiger partial charge in [0.05, 0.1) is 25.3 Å². The van der Waals surface area contributed by atoms with Gasteiger partial charge in [-0.1, -0.05) is 37.8 Å². The zero-order valence-corrected chi connectivity index (χ0v) is 16.9. The maximum atomic E-state index is 12.1. The molecule has 0 bridgehead atoms. The zero-order chi connectivity index (χ0) is 20.4. The predicted octanol–water partition coefficient (Wildman–Crippen LogP) is 3.73. The monoisotopic (exact) mass is 391 g/mol. The van der Waals surface area contributed by atoms with Gasteiger partial charge < -0.3 is 14.9 Å². The molecule has 2 aliphatic rings. The summed E-state index contributed by atoms with van der Waals surface area (Å²) in [5.41, 5.74) is 0.297. The quantitative estimate of drug-likeness (QED) is 0.337. The first kappa shape index (κ1) is 22.3. The number of rotatable bonds is 10. The van der Waals surface area contributed by atoms with E-state index >= 15 is 0 Å². The smallest absolute Gasteiger partial charge is 0.411 e. The number of ether oxygens (including phenoxy) is 1. The lowest BCUT2D eigenvalue weighted by molar-refractivity contribution is -0.137. The van der Waals surface area contributed by atoms with Gasteiger partial charge in [-0.2, -0.15) is 0 Å². The van der Waals surface area contributed by atoms with Crippen molar-refractivity contribution in [2.75, 3.05) is 13.2 Å². The number of aliphatic hydroxyl groups excluding tert-OH is 1. The minimum absolute atomic E-state index is 0.100. The molecule has 0 aromatic rings. The summed E-state index contributed by atoms with van der Waals surface area (Å²) in [6.45, 7) is 2.81. The largest absolute Gasteiger partial charge is 0.481 e. The van der Waals surface area contributed by atoms with Crippen LogP contribution in [0.4, 0.5) is 4.79 Å². The van der Waals surface area contributed by atoms with Gasteiger partial charge >= 0.3 is 12.1 Å². The second-order valence-corrected chi connectivity index (χ2v) is 7.96. The number of cyclic esters (lactones) is 1. The molecule has 2 rings (SSSR count). The van der Waals surface area contributed by atoms with E-state index in [0.29, 0.717) is 31.3 Å². The molecule has 1 saturated heterocycles. The number of aliphatic hydroxyl groups is 1. The number of hydrogen-bond donors (Lipinski definition) is 2. The lowest BCUT2D eigenvalue weighted by Crippen LogP contribution is -2.45. The lowest BCUT2D eigenvalue weighted by atomic mass is 9.63. The van der Waals surface area contributed by atoms with Crippen molar-refractivity contribution in [2.45, 2.75) is 83.3 Å². The number of aliphatic carboxylic acids is 1. The second-order valence-electron chi connectivity index (χ2n) is 7.96. The van der Waals surface area contributed by atoms with Crippen LogP contribution in [0.3, 0.4) is 0 Å². The van der Waals surface area contributed by atoms with Crippen LogP contribution in [0.1, 0.15) is 71.1 Å².